The summed E-state index contributed by atoms with van der Waals surface area (Å²) >= 11 is 0. The van der Waals surface area contributed by atoms with E-state index in [1.165, 1.54) is 12.8 Å². The van der Waals surface area contributed by atoms with E-state index >= 15 is 0 Å². The van der Waals surface area contributed by atoms with E-state index in [4.69, 9.17) is 0 Å². The molecule has 19 heavy (non-hydrogen) atoms. The molecule has 1 aromatic rings. The molecule has 1 aromatic heterocycles. The standard InChI is InChI=1S/C14H24N4O/c1-3-8-15-13-16-11(2)9-12(17-13)18-14(10-19)6-4-5-7-14/h9,19H,3-8,10H2,1-2H3,(H2,15,16,17,18). The highest BCUT2D eigenvalue weighted by Crippen LogP contribution is 2.32. The fraction of sp³-hybridized carbons (Fsp3) is 0.714. The van der Waals surface area contributed by atoms with Gasteiger partial charge in [-0.05, 0) is 26.2 Å². The average molecular weight is 264 g/mol. The van der Waals surface area contributed by atoms with Crippen LogP contribution in [0.5, 0.6) is 0 Å². The van der Waals surface area contributed by atoms with Crippen molar-refractivity contribution >= 4 is 11.8 Å². The van der Waals surface area contributed by atoms with Crippen molar-refractivity contribution in [3.63, 3.8) is 0 Å². The Labute approximate surface area is 114 Å². The minimum absolute atomic E-state index is 0.160. The number of rotatable bonds is 6. The molecule has 0 radical (unpaired) electrons. The Morgan fingerprint density at radius 2 is 2.05 bits per heavy atom. The smallest absolute Gasteiger partial charge is 0.224 e. The van der Waals surface area contributed by atoms with Crippen molar-refractivity contribution in [1.82, 2.24) is 9.97 Å². The first-order valence-corrected chi connectivity index (χ1v) is 7.16. The molecule has 1 saturated carbocycles. The number of aryl methyl sites for hydroxylation is 1. The molecule has 3 N–H and O–H groups in total. The molecule has 1 aliphatic rings. The van der Waals surface area contributed by atoms with Gasteiger partial charge in [0.05, 0.1) is 12.1 Å². The van der Waals surface area contributed by atoms with E-state index in [-0.39, 0.29) is 12.1 Å². The van der Waals surface area contributed by atoms with Crippen LogP contribution in [-0.2, 0) is 0 Å². The van der Waals surface area contributed by atoms with Gasteiger partial charge in [-0.25, -0.2) is 4.98 Å². The third kappa shape index (κ3) is 3.56. The monoisotopic (exact) mass is 264 g/mol. The molecule has 5 heteroatoms. The van der Waals surface area contributed by atoms with Crippen LogP contribution in [0.15, 0.2) is 6.07 Å². The zero-order chi connectivity index (χ0) is 13.7. The number of hydrogen-bond donors (Lipinski definition) is 3. The molecular formula is C14H24N4O. The molecule has 0 unspecified atom stereocenters. The van der Waals surface area contributed by atoms with Crippen molar-refractivity contribution in [2.75, 3.05) is 23.8 Å². The second kappa shape index (κ2) is 6.19. The van der Waals surface area contributed by atoms with Crippen LogP contribution < -0.4 is 10.6 Å². The highest BCUT2D eigenvalue weighted by Gasteiger charge is 2.33. The van der Waals surface area contributed by atoms with Gasteiger partial charge in [-0.3, -0.25) is 0 Å². The van der Waals surface area contributed by atoms with Crippen molar-refractivity contribution in [3.8, 4) is 0 Å². The summed E-state index contributed by atoms with van der Waals surface area (Å²) < 4.78 is 0. The Hall–Kier alpha value is -1.36. The number of hydrogen-bond acceptors (Lipinski definition) is 5. The molecule has 0 atom stereocenters. The van der Waals surface area contributed by atoms with Crippen LogP contribution in [0.3, 0.4) is 0 Å². The lowest BCUT2D eigenvalue weighted by atomic mass is 9.99. The van der Waals surface area contributed by atoms with Gasteiger partial charge in [0.2, 0.25) is 5.95 Å². The highest BCUT2D eigenvalue weighted by molar-refractivity contribution is 5.44. The second-order valence-electron chi connectivity index (χ2n) is 5.42. The minimum atomic E-state index is -0.192. The average Bonchev–Trinajstić information content (AvgIpc) is 2.85. The maximum Gasteiger partial charge on any atom is 0.224 e. The summed E-state index contributed by atoms with van der Waals surface area (Å²) in [4.78, 5) is 8.85. The number of anilines is 2. The van der Waals surface area contributed by atoms with Gasteiger partial charge in [0.15, 0.2) is 0 Å². The molecular weight excluding hydrogens is 240 g/mol. The van der Waals surface area contributed by atoms with Crippen molar-refractivity contribution in [2.45, 2.75) is 51.5 Å². The number of aliphatic hydroxyl groups excluding tert-OH is 1. The first-order valence-electron chi connectivity index (χ1n) is 7.16. The van der Waals surface area contributed by atoms with Crippen LogP contribution in [-0.4, -0.2) is 33.8 Å². The largest absolute Gasteiger partial charge is 0.394 e. The van der Waals surface area contributed by atoms with Gasteiger partial charge in [0, 0.05) is 18.3 Å². The van der Waals surface area contributed by atoms with Crippen LogP contribution >= 0.6 is 0 Å². The van der Waals surface area contributed by atoms with Crippen molar-refractivity contribution in [3.05, 3.63) is 11.8 Å². The Morgan fingerprint density at radius 1 is 1.32 bits per heavy atom. The molecule has 1 aliphatic carbocycles. The predicted octanol–water partition coefficient (Wildman–Crippen LogP) is 2.32. The first kappa shape index (κ1) is 14.1. The van der Waals surface area contributed by atoms with Crippen LogP contribution in [0.1, 0.15) is 44.7 Å². The van der Waals surface area contributed by atoms with Gasteiger partial charge in [-0.1, -0.05) is 19.8 Å². The Bertz CT molecular complexity index is 416. The van der Waals surface area contributed by atoms with Gasteiger partial charge >= 0.3 is 0 Å². The van der Waals surface area contributed by atoms with E-state index in [2.05, 4.69) is 27.5 Å². The second-order valence-corrected chi connectivity index (χ2v) is 5.42. The molecule has 0 aromatic carbocycles. The molecule has 0 aliphatic heterocycles. The van der Waals surface area contributed by atoms with Crippen LogP contribution in [0, 0.1) is 6.92 Å². The van der Waals surface area contributed by atoms with E-state index in [9.17, 15) is 5.11 Å². The quantitative estimate of drug-likeness (QED) is 0.735. The Balaban J connectivity index is 2.12. The van der Waals surface area contributed by atoms with E-state index in [0.717, 1.165) is 37.3 Å². The molecule has 0 amide bonds. The van der Waals surface area contributed by atoms with Crippen molar-refractivity contribution in [2.24, 2.45) is 0 Å². The van der Waals surface area contributed by atoms with E-state index in [0.29, 0.717) is 5.95 Å². The van der Waals surface area contributed by atoms with Gasteiger partial charge < -0.3 is 15.7 Å². The first-order chi connectivity index (χ1) is 9.17. The molecule has 106 valence electrons. The summed E-state index contributed by atoms with van der Waals surface area (Å²) in [5, 5.41) is 16.3. The number of aliphatic hydroxyl groups is 1. The van der Waals surface area contributed by atoms with E-state index in [1.54, 1.807) is 0 Å². The summed E-state index contributed by atoms with van der Waals surface area (Å²) in [6.45, 7) is 5.10. The lowest BCUT2D eigenvalue weighted by molar-refractivity contribution is 0.214. The van der Waals surface area contributed by atoms with Gasteiger partial charge in [-0.15, -0.1) is 0 Å². The summed E-state index contributed by atoms with van der Waals surface area (Å²) in [6, 6.07) is 1.94. The van der Waals surface area contributed by atoms with Gasteiger partial charge in [-0.2, -0.15) is 4.98 Å². The van der Waals surface area contributed by atoms with E-state index in [1.807, 2.05) is 13.0 Å². The highest BCUT2D eigenvalue weighted by atomic mass is 16.3. The summed E-state index contributed by atoms with van der Waals surface area (Å²) in [6.07, 6.45) is 5.38. The van der Waals surface area contributed by atoms with Gasteiger partial charge in [0.25, 0.3) is 0 Å². The maximum atomic E-state index is 9.64. The molecule has 1 heterocycles. The minimum Gasteiger partial charge on any atom is -0.394 e. The lowest BCUT2D eigenvalue weighted by Crippen LogP contribution is -2.39. The fourth-order valence-electron chi connectivity index (χ4n) is 2.59. The predicted molar refractivity (Wildman–Crippen MR) is 77.5 cm³/mol. The lowest BCUT2D eigenvalue weighted by Gasteiger charge is -2.28. The van der Waals surface area contributed by atoms with Crippen LogP contribution in [0.4, 0.5) is 11.8 Å². The molecule has 5 nitrogen and oxygen atoms in total. The maximum absolute atomic E-state index is 9.64. The number of nitrogens with zero attached hydrogens (tertiary/aromatic N) is 2. The topological polar surface area (TPSA) is 70.1 Å². The Morgan fingerprint density at radius 3 is 2.68 bits per heavy atom. The van der Waals surface area contributed by atoms with Crippen molar-refractivity contribution < 1.29 is 5.11 Å². The molecule has 0 saturated heterocycles. The number of nitrogens with one attached hydrogen (secondary N) is 2. The zero-order valence-corrected chi connectivity index (χ0v) is 11.9. The van der Waals surface area contributed by atoms with Crippen molar-refractivity contribution in [1.29, 1.82) is 0 Å². The third-order valence-corrected chi connectivity index (χ3v) is 3.64. The molecule has 0 bridgehead atoms. The summed E-state index contributed by atoms with van der Waals surface area (Å²) in [5.41, 5.74) is 0.741. The Kier molecular flexibility index (Phi) is 4.58. The van der Waals surface area contributed by atoms with E-state index < -0.39 is 0 Å². The summed E-state index contributed by atoms with van der Waals surface area (Å²) in [5.74, 6) is 1.47. The summed E-state index contributed by atoms with van der Waals surface area (Å²) in [7, 11) is 0. The molecule has 2 rings (SSSR count). The van der Waals surface area contributed by atoms with Crippen LogP contribution in [0.2, 0.25) is 0 Å². The van der Waals surface area contributed by atoms with Gasteiger partial charge in [0.1, 0.15) is 5.82 Å². The third-order valence-electron chi connectivity index (χ3n) is 3.64. The number of aromatic nitrogens is 2. The molecule has 0 spiro atoms. The zero-order valence-electron chi connectivity index (χ0n) is 11.9. The fourth-order valence-corrected chi connectivity index (χ4v) is 2.59. The molecule has 1 fully saturated rings. The van der Waals surface area contributed by atoms with Crippen LogP contribution in [0.25, 0.3) is 0 Å². The normalized spacial score (nSPS) is 17.4. The SMILES string of the molecule is CCCNc1nc(C)cc(NC2(CO)CCCC2)n1.